The van der Waals surface area contributed by atoms with Crippen molar-refractivity contribution in [2.75, 3.05) is 0 Å². The van der Waals surface area contributed by atoms with Crippen LogP contribution in [0.3, 0.4) is 0 Å². The van der Waals surface area contributed by atoms with Crippen LogP contribution in [0, 0.1) is 5.92 Å². The third kappa shape index (κ3) is 6.40. The van der Waals surface area contributed by atoms with E-state index in [9.17, 15) is 9.59 Å². The van der Waals surface area contributed by atoms with E-state index in [2.05, 4.69) is 0 Å². The first-order valence-corrected chi connectivity index (χ1v) is 4.05. The van der Waals surface area contributed by atoms with Crippen LogP contribution in [0.1, 0.15) is 32.6 Å². The summed E-state index contributed by atoms with van der Waals surface area (Å²) in [6, 6.07) is 0. The third-order valence-corrected chi connectivity index (χ3v) is 1.69. The second-order valence-electron chi connectivity index (χ2n) is 2.72. The van der Waals surface area contributed by atoms with Crippen molar-refractivity contribution in [2.45, 2.75) is 32.6 Å². The van der Waals surface area contributed by atoms with Crippen molar-refractivity contribution in [2.24, 2.45) is 5.92 Å². The van der Waals surface area contributed by atoms with Gasteiger partial charge in [0.25, 0.3) is 0 Å². The normalized spacial score (nSPS) is 9.38. The summed E-state index contributed by atoms with van der Waals surface area (Å²) in [4.78, 5) is 20.7. The lowest BCUT2D eigenvalue weighted by molar-refractivity contribution is -0.154. The number of hydrogen-bond acceptors (Lipinski definition) is 2. The summed E-state index contributed by atoms with van der Waals surface area (Å²) in [5, 5.41) is 16.9. The fourth-order valence-corrected chi connectivity index (χ4v) is 0.951. The molecule has 0 aliphatic heterocycles. The zero-order chi connectivity index (χ0) is 9.56. The standard InChI is InChI=1S/C8H14O4.ClH/c1-2-3-4-5-6(7(9)10)8(11)12;/h6H,2-5H2,1H3,(H,9,10)(H,11,12);1H. The van der Waals surface area contributed by atoms with Gasteiger partial charge in [-0.05, 0) is 6.42 Å². The molecule has 0 fully saturated rings. The summed E-state index contributed by atoms with van der Waals surface area (Å²) < 4.78 is 0. The monoisotopic (exact) mass is 210 g/mol. The first-order chi connectivity index (χ1) is 5.59. The van der Waals surface area contributed by atoms with Gasteiger partial charge in [-0.2, -0.15) is 0 Å². The lowest BCUT2D eigenvalue weighted by atomic mass is 10.0. The minimum atomic E-state index is -1.24. The lowest BCUT2D eigenvalue weighted by Crippen LogP contribution is -2.23. The Balaban J connectivity index is 0. The zero-order valence-electron chi connectivity index (χ0n) is 7.52. The van der Waals surface area contributed by atoms with Crippen LogP contribution in [0.25, 0.3) is 0 Å². The van der Waals surface area contributed by atoms with Gasteiger partial charge < -0.3 is 10.2 Å². The first kappa shape index (κ1) is 14.7. The highest BCUT2D eigenvalue weighted by atomic mass is 35.5. The van der Waals surface area contributed by atoms with Crippen molar-refractivity contribution in [1.82, 2.24) is 0 Å². The van der Waals surface area contributed by atoms with E-state index in [1.807, 2.05) is 6.92 Å². The van der Waals surface area contributed by atoms with Crippen LogP contribution in [0.2, 0.25) is 0 Å². The second kappa shape index (κ2) is 7.86. The third-order valence-electron chi connectivity index (χ3n) is 1.69. The van der Waals surface area contributed by atoms with E-state index in [1.165, 1.54) is 0 Å². The fourth-order valence-electron chi connectivity index (χ4n) is 0.951. The molecule has 0 radical (unpaired) electrons. The molecule has 0 aromatic heterocycles. The van der Waals surface area contributed by atoms with Crippen LogP contribution >= 0.6 is 12.4 Å². The second-order valence-corrected chi connectivity index (χ2v) is 2.72. The van der Waals surface area contributed by atoms with E-state index >= 15 is 0 Å². The molecule has 78 valence electrons. The van der Waals surface area contributed by atoms with E-state index in [-0.39, 0.29) is 18.8 Å². The van der Waals surface area contributed by atoms with Crippen molar-refractivity contribution < 1.29 is 19.8 Å². The lowest BCUT2D eigenvalue weighted by Gasteiger charge is -2.05. The van der Waals surface area contributed by atoms with E-state index in [0.29, 0.717) is 6.42 Å². The van der Waals surface area contributed by atoms with Crippen molar-refractivity contribution >= 4 is 24.3 Å². The van der Waals surface area contributed by atoms with Crippen LogP contribution < -0.4 is 0 Å². The molecule has 0 bridgehead atoms. The summed E-state index contributed by atoms with van der Waals surface area (Å²) in [5.41, 5.74) is 0. The summed E-state index contributed by atoms with van der Waals surface area (Å²) in [7, 11) is 0. The molecule has 0 saturated heterocycles. The van der Waals surface area contributed by atoms with Gasteiger partial charge in [-0.1, -0.05) is 26.2 Å². The Bertz CT molecular complexity index is 156. The van der Waals surface area contributed by atoms with E-state index in [0.717, 1.165) is 12.8 Å². The Morgan fingerprint density at radius 1 is 1.15 bits per heavy atom. The summed E-state index contributed by atoms with van der Waals surface area (Å²) >= 11 is 0. The maximum Gasteiger partial charge on any atom is 0.317 e. The smallest absolute Gasteiger partial charge is 0.317 e. The molecular weight excluding hydrogens is 196 g/mol. The number of halogens is 1. The van der Waals surface area contributed by atoms with Crippen LogP contribution in [0.4, 0.5) is 0 Å². The number of rotatable bonds is 6. The maximum atomic E-state index is 10.4. The minimum absolute atomic E-state index is 0. The highest BCUT2D eigenvalue weighted by Gasteiger charge is 2.24. The predicted molar refractivity (Wildman–Crippen MR) is 50.2 cm³/mol. The largest absolute Gasteiger partial charge is 0.481 e. The molecule has 4 nitrogen and oxygen atoms in total. The number of carboxylic acid groups (broad SMARTS) is 2. The van der Waals surface area contributed by atoms with E-state index < -0.39 is 17.9 Å². The summed E-state index contributed by atoms with van der Waals surface area (Å²) in [6.45, 7) is 1.98. The summed E-state index contributed by atoms with van der Waals surface area (Å²) in [5.74, 6) is -3.70. The fraction of sp³-hybridized carbons (Fsp3) is 0.750. The van der Waals surface area contributed by atoms with Crippen molar-refractivity contribution in [3.05, 3.63) is 0 Å². The quantitative estimate of drug-likeness (QED) is 0.518. The van der Waals surface area contributed by atoms with Gasteiger partial charge >= 0.3 is 11.9 Å². The highest BCUT2D eigenvalue weighted by Crippen LogP contribution is 2.10. The van der Waals surface area contributed by atoms with Crippen molar-refractivity contribution in [1.29, 1.82) is 0 Å². The molecule has 0 unspecified atom stereocenters. The Labute approximate surface area is 83.4 Å². The molecule has 0 aromatic carbocycles. The van der Waals surface area contributed by atoms with Gasteiger partial charge in [0.05, 0.1) is 0 Å². The van der Waals surface area contributed by atoms with Gasteiger partial charge in [0.15, 0.2) is 5.92 Å². The molecule has 2 N–H and O–H groups in total. The minimum Gasteiger partial charge on any atom is -0.481 e. The van der Waals surface area contributed by atoms with Crippen LogP contribution in [-0.2, 0) is 9.59 Å². The SMILES string of the molecule is CCCCCC(C(=O)O)C(=O)O.Cl. The van der Waals surface area contributed by atoms with E-state index in [4.69, 9.17) is 10.2 Å². The molecule has 13 heavy (non-hydrogen) atoms. The van der Waals surface area contributed by atoms with Crippen LogP contribution in [-0.4, -0.2) is 22.2 Å². The predicted octanol–water partition coefficient (Wildman–Crippen LogP) is 1.77. The molecular formula is C8H15ClO4. The van der Waals surface area contributed by atoms with Gasteiger partial charge in [0.2, 0.25) is 0 Å². The number of carbonyl (C=O) groups is 2. The van der Waals surface area contributed by atoms with Crippen molar-refractivity contribution in [3.63, 3.8) is 0 Å². The summed E-state index contributed by atoms with van der Waals surface area (Å²) in [6.07, 6.45) is 2.75. The maximum absolute atomic E-state index is 10.4. The molecule has 0 atom stereocenters. The molecule has 0 aromatic rings. The average Bonchev–Trinajstić information content (AvgIpc) is 1.96. The Morgan fingerprint density at radius 2 is 1.62 bits per heavy atom. The molecule has 0 amide bonds. The van der Waals surface area contributed by atoms with Crippen molar-refractivity contribution in [3.8, 4) is 0 Å². The van der Waals surface area contributed by atoms with E-state index in [1.54, 1.807) is 0 Å². The Morgan fingerprint density at radius 3 is 1.92 bits per heavy atom. The molecule has 5 heteroatoms. The first-order valence-electron chi connectivity index (χ1n) is 4.05. The Hall–Kier alpha value is -0.770. The number of carboxylic acids is 2. The Kier molecular flexibility index (Phi) is 8.91. The molecule has 0 rings (SSSR count). The number of unbranched alkanes of at least 4 members (excludes halogenated alkanes) is 2. The molecule has 0 spiro atoms. The van der Waals surface area contributed by atoms with Gasteiger partial charge in [0, 0.05) is 0 Å². The molecule has 0 heterocycles. The topological polar surface area (TPSA) is 74.6 Å². The van der Waals surface area contributed by atoms with Gasteiger partial charge in [-0.25, -0.2) is 0 Å². The molecule has 0 aliphatic carbocycles. The molecule has 0 aliphatic rings. The highest BCUT2D eigenvalue weighted by molar-refractivity contribution is 5.92. The molecule has 0 saturated carbocycles. The zero-order valence-corrected chi connectivity index (χ0v) is 8.34. The number of aliphatic carboxylic acids is 2. The van der Waals surface area contributed by atoms with Crippen LogP contribution in [0.5, 0.6) is 0 Å². The number of hydrogen-bond donors (Lipinski definition) is 2. The average molecular weight is 211 g/mol. The van der Waals surface area contributed by atoms with Gasteiger partial charge in [0.1, 0.15) is 0 Å². The van der Waals surface area contributed by atoms with Gasteiger partial charge in [-0.15, -0.1) is 12.4 Å². The van der Waals surface area contributed by atoms with Gasteiger partial charge in [-0.3, -0.25) is 9.59 Å². The van der Waals surface area contributed by atoms with Crippen LogP contribution in [0.15, 0.2) is 0 Å².